The summed E-state index contributed by atoms with van der Waals surface area (Å²) >= 11 is 9.07. The molecule has 4 fully saturated rings. The fraction of sp³-hybridized carbons (Fsp3) is 1.00. The molecule has 0 bridgehead atoms. The third-order valence-electron chi connectivity index (χ3n) is 4.23. The van der Waals surface area contributed by atoms with Gasteiger partial charge in [0.15, 0.2) is 0 Å². The van der Waals surface area contributed by atoms with Crippen molar-refractivity contribution >= 4 is 58.8 Å². The minimum atomic E-state index is -0.284. The fourth-order valence-electron chi connectivity index (χ4n) is 2.18. The zero-order valence-corrected chi connectivity index (χ0v) is 21.3. The van der Waals surface area contributed by atoms with E-state index in [0.717, 1.165) is 49.4 Å². The fourth-order valence-corrected chi connectivity index (χ4v) is 7.51. The van der Waals surface area contributed by atoms with Gasteiger partial charge in [0.25, 0.3) is 0 Å². The summed E-state index contributed by atoms with van der Waals surface area (Å²) in [5.74, 6) is 7.26. The van der Waals surface area contributed by atoms with Crippen LogP contribution in [0, 0.1) is 0 Å². The molecule has 11 heteroatoms. The first kappa shape index (κ1) is 26.1. The summed E-state index contributed by atoms with van der Waals surface area (Å²) in [5.41, 5.74) is 0. The van der Waals surface area contributed by atoms with Gasteiger partial charge in [-0.3, -0.25) is 0 Å². The van der Waals surface area contributed by atoms with Crippen LogP contribution < -0.4 is 0 Å². The van der Waals surface area contributed by atoms with Gasteiger partial charge in [0, 0.05) is 51.1 Å². The highest BCUT2D eigenvalue weighted by Crippen LogP contribution is 2.23. The number of epoxide rings is 4. The lowest BCUT2D eigenvalue weighted by Crippen LogP contribution is -2.19. The quantitative estimate of drug-likeness (QED) is 0.158. The topological polar surface area (TPSA) is 90.6 Å². The molecule has 0 aromatic carbocycles. The van der Waals surface area contributed by atoms with E-state index in [-0.39, 0.29) is 12.2 Å². The molecule has 6 atom stereocenters. The van der Waals surface area contributed by atoms with Crippen molar-refractivity contribution in [3.05, 3.63) is 0 Å². The van der Waals surface area contributed by atoms with Crippen LogP contribution in [0.5, 0.6) is 0 Å². The van der Waals surface area contributed by atoms with Gasteiger partial charge >= 0.3 is 0 Å². The minimum absolute atomic E-state index is 0.284. The molecule has 30 heavy (non-hydrogen) atoms. The maximum atomic E-state index is 9.77. The van der Waals surface area contributed by atoms with E-state index in [1.165, 1.54) is 16.6 Å². The molecule has 4 aliphatic heterocycles. The monoisotopic (exact) mass is 518 g/mol. The molecule has 0 spiro atoms. The van der Waals surface area contributed by atoms with Gasteiger partial charge in [0.1, 0.15) is 0 Å². The molecular weight excluding hydrogens is 485 g/mol. The molecule has 4 aliphatic rings. The van der Waals surface area contributed by atoms with Gasteiger partial charge in [-0.05, 0) is 0 Å². The van der Waals surface area contributed by atoms with Gasteiger partial charge in [-0.25, -0.2) is 0 Å². The predicted molar refractivity (Wildman–Crippen MR) is 133 cm³/mol. The molecule has 4 saturated heterocycles. The molecule has 0 aliphatic carbocycles. The third-order valence-corrected chi connectivity index (χ3v) is 10.5. The van der Waals surface area contributed by atoms with Crippen molar-refractivity contribution in [1.82, 2.24) is 0 Å². The first-order chi connectivity index (χ1) is 14.7. The molecule has 4 heterocycles. The van der Waals surface area contributed by atoms with Gasteiger partial charge in [0.2, 0.25) is 0 Å². The highest BCUT2D eigenvalue weighted by Gasteiger charge is 2.24. The summed E-state index contributed by atoms with van der Waals surface area (Å²) in [5, 5.41) is 20.7. The van der Waals surface area contributed by atoms with E-state index in [1.807, 2.05) is 23.5 Å². The average molecular weight is 519 g/mol. The van der Waals surface area contributed by atoms with Crippen molar-refractivity contribution in [2.45, 2.75) is 36.6 Å². The van der Waals surface area contributed by atoms with Gasteiger partial charge in [-0.15, -0.1) is 23.5 Å². The predicted octanol–water partition coefficient (Wildman–Crippen LogP) is 1.91. The Kier molecular flexibility index (Phi) is 13.4. The average Bonchev–Trinajstić information content (AvgIpc) is 3.54. The second kappa shape index (κ2) is 15.4. The third kappa shape index (κ3) is 15.4. The number of hydrogen-bond acceptors (Lipinski definition) is 11. The lowest BCUT2D eigenvalue weighted by molar-refractivity contribution is 0.220. The number of rotatable bonds is 18. The molecule has 0 saturated carbocycles. The second-order valence-corrected chi connectivity index (χ2v) is 13.3. The molecule has 2 N–H and O–H groups in total. The normalized spacial score (nSPS) is 30.2. The Labute approximate surface area is 201 Å². The van der Waals surface area contributed by atoms with E-state index in [4.69, 9.17) is 18.9 Å². The SMILES string of the molecule is C(SCC1CO1)SCC1CO1.OC(CSCC(O)CSCC1CO1)CSCC1CO1. The van der Waals surface area contributed by atoms with E-state index in [2.05, 4.69) is 0 Å². The van der Waals surface area contributed by atoms with Crippen molar-refractivity contribution in [3.8, 4) is 0 Å². The Morgan fingerprint density at radius 1 is 0.533 bits per heavy atom. The number of hydrogen-bond donors (Lipinski definition) is 2. The van der Waals surface area contributed by atoms with Gasteiger partial charge < -0.3 is 29.2 Å². The van der Waals surface area contributed by atoms with Crippen molar-refractivity contribution in [2.24, 2.45) is 0 Å². The minimum Gasteiger partial charge on any atom is -0.391 e. The summed E-state index contributed by atoms with van der Waals surface area (Å²) < 4.78 is 20.4. The standard InChI is InChI=1S/C12H22O4S3.C7H12O2S2/c13-9(5-18-7-11-1-15-11)3-17-4-10(14)6-19-8-12-2-16-12;1-6(8-1)3-10-5-11-4-7-2-9-7/h9-14H,1-8H2;6-7H,1-5H2. The van der Waals surface area contributed by atoms with Crippen LogP contribution in [-0.4, -0.2) is 124 Å². The largest absolute Gasteiger partial charge is 0.391 e. The Morgan fingerprint density at radius 3 is 1.17 bits per heavy atom. The van der Waals surface area contributed by atoms with Crippen LogP contribution >= 0.6 is 58.8 Å². The molecule has 176 valence electrons. The Hall–Kier alpha value is 1.51. The molecular formula is C19H34O6S5. The number of aliphatic hydroxyl groups excluding tert-OH is 2. The Bertz CT molecular complexity index is 411. The van der Waals surface area contributed by atoms with Crippen molar-refractivity contribution in [2.75, 3.05) is 77.5 Å². The molecule has 0 radical (unpaired) electrons. The molecule has 0 aromatic rings. The number of aliphatic hydroxyl groups is 2. The molecule has 6 unspecified atom stereocenters. The Morgan fingerprint density at radius 2 is 0.833 bits per heavy atom. The van der Waals surface area contributed by atoms with E-state index in [9.17, 15) is 10.2 Å². The molecule has 4 rings (SSSR count). The van der Waals surface area contributed by atoms with Crippen LogP contribution in [0.25, 0.3) is 0 Å². The highest BCUT2D eigenvalue weighted by atomic mass is 32.2. The van der Waals surface area contributed by atoms with Crippen LogP contribution in [0.3, 0.4) is 0 Å². The maximum Gasteiger partial charge on any atom is 0.0900 e. The smallest absolute Gasteiger partial charge is 0.0900 e. The van der Waals surface area contributed by atoms with Gasteiger partial charge in [0.05, 0.1) is 63.1 Å². The number of ether oxygens (including phenoxy) is 4. The lowest BCUT2D eigenvalue weighted by atomic mass is 10.5. The zero-order chi connectivity index (χ0) is 21.0. The van der Waals surface area contributed by atoms with E-state index in [0.29, 0.717) is 35.9 Å². The van der Waals surface area contributed by atoms with Crippen LogP contribution in [0.2, 0.25) is 0 Å². The van der Waals surface area contributed by atoms with Gasteiger partial charge in [-0.1, -0.05) is 0 Å². The van der Waals surface area contributed by atoms with Crippen LogP contribution in [0.1, 0.15) is 0 Å². The van der Waals surface area contributed by atoms with E-state index < -0.39 is 0 Å². The maximum absolute atomic E-state index is 9.77. The number of thioether (sulfide) groups is 5. The van der Waals surface area contributed by atoms with Crippen LogP contribution in [0.15, 0.2) is 0 Å². The van der Waals surface area contributed by atoms with Crippen LogP contribution in [-0.2, 0) is 18.9 Å². The summed E-state index contributed by atoms with van der Waals surface area (Å²) in [6, 6.07) is 0. The summed E-state index contributed by atoms with van der Waals surface area (Å²) in [4.78, 5) is 0. The molecule has 6 nitrogen and oxygen atoms in total. The summed E-state index contributed by atoms with van der Waals surface area (Å²) in [6.07, 6.45) is 1.45. The van der Waals surface area contributed by atoms with Gasteiger partial charge in [-0.2, -0.15) is 35.3 Å². The first-order valence-corrected chi connectivity index (χ1v) is 16.2. The summed E-state index contributed by atoms with van der Waals surface area (Å²) in [6.45, 7) is 3.74. The van der Waals surface area contributed by atoms with Crippen molar-refractivity contribution in [3.63, 3.8) is 0 Å². The van der Waals surface area contributed by atoms with Crippen LogP contribution in [0.4, 0.5) is 0 Å². The second-order valence-electron chi connectivity index (χ2n) is 7.60. The van der Waals surface area contributed by atoms with Crippen molar-refractivity contribution in [1.29, 1.82) is 0 Å². The lowest BCUT2D eigenvalue weighted by Gasteiger charge is -2.12. The highest BCUT2D eigenvalue weighted by molar-refractivity contribution is 8.16. The first-order valence-electron chi connectivity index (χ1n) is 10.4. The van der Waals surface area contributed by atoms with Crippen molar-refractivity contribution < 1.29 is 29.2 Å². The molecule has 0 amide bonds. The molecule has 0 aromatic heterocycles. The zero-order valence-electron chi connectivity index (χ0n) is 17.2. The summed E-state index contributed by atoms with van der Waals surface area (Å²) in [7, 11) is 0. The van der Waals surface area contributed by atoms with E-state index in [1.54, 1.807) is 35.3 Å². The van der Waals surface area contributed by atoms with E-state index >= 15 is 0 Å². The Balaban J connectivity index is 0.000000196.